The average molecular weight is 430 g/mol. The van der Waals surface area contributed by atoms with Gasteiger partial charge in [-0.2, -0.15) is 0 Å². The number of nitrogens with zero attached hydrogens (tertiary/aromatic N) is 1. The van der Waals surface area contributed by atoms with Crippen LogP contribution in [0.4, 0.5) is 4.79 Å². The Morgan fingerprint density at radius 1 is 1.15 bits per heavy atom. The molecule has 3 aromatic rings. The van der Waals surface area contributed by atoms with E-state index in [-0.39, 0.29) is 12.1 Å². The van der Waals surface area contributed by atoms with Crippen molar-refractivity contribution >= 4 is 33.3 Å². The molecule has 6 heteroatoms. The van der Waals surface area contributed by atoms with E-state index in [4.69, 9.17) is 0 Å². The van der Waals surface area contributed by atoms with Crippen LogP contribution < -0.4 is 10.6 Å². The molecule has 0 radical (unpaired) electrons. The van der Waals surface area contributed by atoms with Crippen molar-refractivity contribution in [2.24, 2.45) is 0 Å². The number of carbonyl (C=O) groups excluding carboxylic acids is 1. The zero-order valence-corrected chi connectivity index (χ0v) is 17.0. The fourth-order valence-corrected chi connectivity index (χ4v) is 4.24. The van der Waals surface area contributed by atoms with Crippen LogP contribution in [0.1, 0.15) is 29.1 Å². The van der Waals surface area contributed by atoms with Gasteiger partial charge in [0.15, 0.2) is 0 Å². The highest BCUT2D eigenvalue weighted by atomic mass is 79.9. The molecule has 0 saturated carbocycles. The summed E-state index contributed by atoms with van der Waals surface area (Å²) in [7, 11) is 0. The number of benzene rings is 2. The third kappa shape index (κ3) is 4.51. The van der Waals surface area contributed by atoms with Crippen LogP contribution >= 0.6 is 27.3 Å². The molecular formula is C20H20BrN3OS. The van der Waals surface area contributed by atoms with E-state index in [0.717, 1.165) is 31.2 Å². The molecule has 134 valence electrons. The summed E-state index contributed by atoms with van der Waals surface area (Å²) in [5, 5.41) is 6.87. The van der Waals surface area contributed by atoms with E-state index >= 15 is 0 Å². The van der Waals surface area contributed by atoms with Crippen LogP contribution in [0.5, 0.6) is 0 Å². The molecule has 1 aromatic heterocycles. The highest BCUT2D eigenvalue weighted by Gasteiger charge is 2.13. The van der Waals surface area contributed by atoms with Gasteiger partial charge in [-0.1, -0.05) is 64.5 Å². The molecule has 1 unspecified atom stereocenters. The predicted molar refractivity (Wildman–Crippen MR) is 110 cm³/mol. The minimum Gasteiger partial charge on any atom is -0.333 e. The Balaban J connectivity index is 1.60. The maximum atomic E-state index is 12.2. The van der Waals surface area contributed by atoms with Crippen molar-refractivity contribution in [3.8, 4) is 10.6 Å². The Morgan fingerprint density at radius 2 is 1.85 bits per heavy atom. The first-order valence-corrected chi connectivity index (χ1v) is 9.96. The summed E-state index contributed by atoms with van der Waals surface area (Å²) in [6.45, 7) is 4.40. The summed E-state index contributed by atoms with van der Waals surface area (Å²) in [5.74, 6) is 0. The number of amides is 2. The molecule has 3 rings (SSSR count). The molecule has 0 saturated heterocycles. The molecule has 0 aliphatic heterocycles. The Morgan fingerprint density at radius 3 is 2.58 bits per heavy atom. The highest BCUT2D eigenvalue weighted by molar-refractivity contribution is 9.10. The van der Waals surface area contributed by atoms with Crippen LogP contribution in [-0.2, 0) is 6.54 Å². The topological polar surface area (TPSA) is 54.0 Å². The standard InChI is InChI=1S/C20H20BrN3OS/c1-13(16-10-6-7-11-17(16)21)24-20(25)22-12-18-14(2)23-19(26-18)15-8-4-3-5-9-15/h3-11,13H,12H2,1-2H3,(H2,22,24,25). The van der Waals surface area contributed by atoms with Crippen LogP contribution in [0.25, 0.3) is 10.6 Å². The van der Waals surface area contributed by atoms with Crippen LogP contribution in [-0.4, -0.2) is 11.0 Å². The number of urea groups is 1. The van der Waals surface area contributed by atoms with E-state index in [2.05, 4.69) is 31.5 Å². The van der Waals surface area contributed by atoms with Gasteiger partial charge < -0.3 is 10.6 Å². The van der Waals surface area contributed by atoms with Gasteiger partial charge >= 0.3 is 6.03 Å². The molecule has 2 N–H and O–H groups in total. The molecule has 2 amide bonds. The van der Waals surface area contributed by atoms with Gasteiger partial charge in [0.05, 0.1) is 18.3 Å². The number of aryl methyl sites for hydroxylation is 1. The number of nitrogens with one attached hydrogen (secondary N) is 2. The zero-order valence-electron chi connectivity index (χ0n) is 14.6. The van der Waals surface area contributed by atoms with Crippen molar-refractivity contribution in [2.45, 2.75) is 26.4 Å². The monoisotopic (exact) mass is 429 g/mol. The first-order valence-electron chi connectivity index (χ1n) is 8.35. The Labute approximate surface area is 165 Å². The Hall–Kier alpha value is -2.18. The molecular weight excluding hydrogens is 410 g/mol. The number of thiazole rings is 1. The van der Waals surface area contributed by atoms with Gasteiger partial charge in [0.1, 0.15) is 5.01 Å². The number of carbonyl (C=O) groups is 1. The maximum absolute atomic E-state index is 12.2. The second-order valence-corrected chi connectivity index (χ2v) is 7.90. The quantitative estimate of drug-likeness (QED) is 0.566. The van der Waals surface area contributed by atoms with Gasteiger partial charge in [-0.05, 0) is 25.5 Å². The maximum Gasteiger partial charge on any atom is 0.315 e. The van der Waals surface area contributed by atoms with Crippen molar-refractivity contribution in [1.82, 2.24) is 15.6 Å². The third-order valence-electron chi connectivity index (χ3n) is 4.04. The van der Waals surface area contributed by atoms with Crippen molar-refractivity contribution in [3.05, 3.63) is 75.2 Å². The molecule has 0 fully saturated rings. The van der Waals surface area contributed by atoms with Crippen LogP contribution in [0.15, 0.2) is 59.1 Å². The largest absolute Gasteiger partial charge is 0.333 e. The van der Waals surface area contributed by atoms with Gasteiger partial charge in [0, 0.05) is 14.9 Å². The highest BCUT2D eigenvalue weighted by Crippen LogP contribution is 2.27. The van der Waals surface area contributed by atoms with Gasteiger partial charge in [0.2, 0.25) is 0 Å². The lowest BCUT2D eigenvalue weighted by molar-refractivity contribution is 0.237. The first kappa shape index (κ1) is 18.6. The lowest BCUT2D eigenvalue weighted by Gasteiger charge is -2.16. The minimum absolute atomic E-state index is 0.0898. The molecule has 4 nitrogen and oxygen atoms in total. The minimum atomic E-state index is -0.192. The van der Waals surface area contributed by atoms with E-state index in [0.29, 0.717) is 6.54 Å². The Bertz CT molecular complexity index is 895. The fourth-order valence-electron chi connectivity index (χ4n) is 2.61. The molecule has 0 spiro atoms. The van der Waals surface area contributed by atoms with Crippen LogP contribution in [0.3, 0.4) is 0 Å². The third-order valence-corrected chi connectivity index (χ3v) is 5.97. The summed E-state index contributed by atoms with van der Waals surface area (Å²) in [6.07, 6.45) is 0. The zero-order chi connectivity index (χ0) is 18.5. The number of rotatable bonds is 5. The van der Waals surface area contributed by atoms with E-state index in [1.807, 2.05) is 68.4 Å². The summed E-state index contributed by atoms with van der Waals surface area (Å²) >= 11 is 5.13. The summed E-state index contributed by atoms with van der Waals surface area (Å²) in [6, 6.07) is 17.7. The second-order valence-electron chi connectivity index (χ2n) is 5.96. The molecule has 0 aliphatic rings. The summed E-state index contributed by atoms with van der Waals surface area (Å²) in [5.41, 5.74) is 3.09. The second kappa shape index (κ2) is 8.47. The van der Waals surface area contributed by atoms with Crippen molar-refractivity contribution in [2.75, 3.05) is 0 Å². The molecule has 26 heavy (non-hydrogen) atoms. The van der Waals surface area contributed by atoms with E-state index in [1.54, 1.807) is 11.3 Å². The van der Waals surface area contributed by atoms with Crippen molar-refractivity contribution < 1.29 is 4.79 Å². The fraction of sp³-hybridized carbons (Fsp3) is 0.200. The molecule has 1 heterocycles. The molecule has 2 aromatic carbocycles. The molecule has 0 aliphatic carbocycles. The normalized spacial score (nSPS) is 11.8. The van der Waals surface area contributed by atoms with Crippen molar-refractivity contribution in [1.29, 1.82) is 0 Å². The Kier molecular flexibility index (Phi) is 6.06. The number of aromatic nitrogens is 1. The van der Waals surface area contributed by atoms with Gasteiger partial charge in [-0.3, -0.25) is 0 Å². The van der Waals surface area contributed by atoms with E-state index in [9.17, 15) is 4.79 Å². The van der Waals surface area contributed by atoms with Gasteiger partial charge in [-0.15, -0.1) is 11.3 Å². The number of halogens is 1. The van der Waals surface area contributed by atoms with Crippen LogP contribution in [0, 0.1) is 6.92 Å². The number of hydrogen-bond donors (Lipinski definition) is 2. The predicted octanol–water partition coefficient (Wildman–Crippen LogP) is 5.44. The van der Waals surface area contributed by atoms with Gasteiger partial charge in [0.25, 0.3) is 0 Å². The number of hydrogen-bond acceptors (Lipinski definition) is 3. The summed E-state index contributed by atoms with van der Waals surface area (Å²) in [4.78, 5) is 17.9. The first-order chi connectivity index (χ1) is 12.5. The van der Waals surface area contributed by atoms with E-state index < -0.39 is 0 Å². The lowest BCUT2D eigenvalue weighted by Crippen LogP contribution is -2.36. The average Bonchev–Trinajstić information content (AvgIpc) is 3.02. The molecule has 0 bridgehead atoms. The smallest absolute Gasteiger partial charge is 0.315 e. The summed E-state index contributed by atoms with van der Waals surface area (Å²) < 4.78 is 0.985. The van der Waals surface area contributed by atoms with Crippen molar-refractivity contribution in [3.63, 3.8) is 0 Å². The lowest BCUT2D eigenvalue weighted by atomic mass is 10.1. The molecule has 1 atom stereocenters. The van der Waals surface area contributed by atoms with Gasteiger partial charge in [-0.25, -0.2) is 9.78 Å². The van der Waals surface area contributed by atoms with Crippen LogP contribution in [0.2, 0.25) is 0 Å². The SMILES string of the molecule is Cc1nc(-c2ccccc2)sc1CNC(=O)NC(C)c1ccccc1Br. The van der Waals surface area contributed by atoms with E-state index in [1.165, 1.54) is 0 Å².